The monoisotopic (exact) mass is 538 g/mol. The van der Waals surface area contributed by atoms with Gasteiger partial charge in [-0.25, -0.2) is 9.97 Å². The minimum Gasteiger partial charge on any atom is -0.493 e. The number of ether oxygens (including phenoxy) is 3. The third kappa shape index (κ3) is 6.62. The predicted octanol–water partition coefficient (Wildman–Crippen LogP) is 3.78. The van der Waals surface area contributed by atoms with E-state index in [4.69, 9.17) is 48.7 Å². The number of rotatable bonds is 7. The maximum absolute atomic E-state index is 5.90. The van der Waals surface area contributed by atoms with Crippen molar-refractivity contribution in [1.82, 2.24) is 19.9 Å². The van der Waals surface area contributed by atoms with Crippen LogP contribution in [0.25, 0.3) is 11.1 Å². The highest BCUT2D eigenvalue weighted by molar-refractivity contribution is 6.30. The highest BCUT2D eigenvalue weighted by Crippen LogP contribution is 2.39. The third-order valence-corrected chi connectivity index (χ3v) is 5.78. The number of nitrogens with two attached hydrogens (primary N) is 4. The maximum Gasteiger partial charge on any atom is 0.222 e. The smallest absolute Gasteiger partial charge is 0.222 e. The normalized spacial score (nSPS) is 10.3. The van der Waals surface area contributed by atoms with Gasteiger partial charge in [-0.2, -0.15) is 9.97 Å². The van der Waals surface area contributed by atoms with Crippen LogP contribution in [0.15, 0.2) is 42.6 Å². The summed E-state index contributed by atoms with van der Waals surface area (Å²) in [7, 11) is 4.70. The number of hydrogen-bond donors (Lipinski definition) is 4. The van der Waals surface area contributed by atoms with Crippen LogP contribution < -0.4 is 37.1 Å². The molecule has 0 spiro atoms. The van der Waals surface area contributed by atoms with E-state index in [0.29, 0.717) is 40.3 Å². The first-order chi connectivity index (χ1) is 18.2. The standard InChI is InChI=1S/C14H18N4O3.C12H13ClN4/c1-19-10-5-8(6-11(20-2)12(10)21-3)4-9-7-17-14(16)18-13(9)15;1-2-9-10(11(14)17-12(15)16-9)7-3-5-8(13)6-4-7/h5-7H,4H2,1-3H3,(H4,15,16,17,18);3-6H,2H2,1H3,(H4,14,15,16,17). The highest BCUT2D eigenvalue weighted by Gasteiger charge is 2.15. The predicted molar refractivity (Wildman–Crippen MR) is 150 cm³/mol. The Labute approximate surface area is 226 Å². The Morgan fingerprint density at radius 3 is 1.92 bits per heavy atom. The third-order valence-electron chi connectivity index (χ3n) is 5.53. The van der Waals surface area contributed by atoms with Crippen LogP contribution in [0.1, 0.15) is 23.7 Å². The molecule has 12 heteroatoms. The average molecular weight is 539 g/mol. The maximum atomic E-state index is 5.90. The second-order valence-corrected chi connectivity index (χ2v) is 8.43. The Kier molecular flexibility index (Phi) is 9.33. The Bertz CT molecular complexity index is 1380. The van der Waals surface area contributed by atoms with Crippen LogP contribution in [-0.4, -0.2) is 41.3 Å². The van der Waals surface area contributed by atoms with Crippen LogP contribution >= 0.6 is 11.6 Å². The van der Waals surface area contributed by atoms with Gasteiger partial charge in [0.15, 0.2) is 11.5 Å². The van der Waals surface area contributed by atoms with Crippen molar-refractivity contribution in [3.8, 4) is 28.4 Å². The fourth-order valence-electron chi connectivity index (χ4n) is 3.76. The van der Waals surface area contributed by atoms with Gasteiger partial charge in [0.2, 0.25) is 17.6 Å². The van der Waals surface area contributed by atoms with Crippen LogP contribution in [0.2, 0.25) is 5.02 Å². The van der Waals surface area contributed by atoms with Gasteiger partial charge in [0.1, 0.15) is 11.6 Å². The van der Waals surface area contributed by atoms with Crippen molar-refractivity contribution >= 4 is 35.1 Å². The van der Waals surface area contributed by atoms with E-state index in [-0.39, 0.29) is 11.9 Å². The zero-order chi connectivity index (χ0) is 27.8. The number of aromatic nitrogens is 4. The Morgan fingerprint density at radius 1 is 0.789 bits per heavy atom. The van der Waals surface area contributed by atoms with Crippen molar-refractivity contribution in [2.24, 2.45) is 0 Å². The van der Waals surface area contributed by atoms with Crippen molar-refractivity contribution in [3.63, 3.8) is 0 Å². The lowest BCUT2D eigenvalue weighted by molar-refractivity contribution is 0.324. The molecule has 0 fully saturated rings. The lowest BCUT2D eigenvalue weighted by Gasteiger charge is -2.14. The van der Waals surface area contributed by atoms with E-state index in [2.05, 4.69) is 19.9 Å². The molecular weight excluding hydrogens is 508 g/mol. The summed E-state index contributed by atoms with van der Waals surface area (Å²) in [4.78, 5) is 16.1. The van der Waals surface area contributed by atoms with E-state index in [1.807, 2.05) is 43.3 Å². The second-order valence-electron chi connectivity index (χ2n) is 8.00. The van der Waals surface area contributed by atoms with Gasteiger partial charge >= 0.3 is 0 Å². The first kappa shape index (κ1) is 28.1. The lowest BCUT2D eigenvalue weighted by Crippen LogP contribution is -2.06. The van der Waals surface area contributed by atoms with Gasteiger partial charge < -0.3 is 37.1 Å². The number of benzene rings is 2. The van der Waals surface area contributed by atoms with Gasteiger partial charge in [-0.05, 0) is 41.8 Å². The summed E-state index contributed by atoms with van der Waals surface area (Å²) in [5.41, 5.74) is 27.2. The molecule has 200 valence electrons. The number of nitrogens with zero attached hydrogens (tertiary/aromatic N) is 4. The molecule has 0 aliphatic heterocycles. The van der Waals surface area contributed by atoms with E-state index in [1.54, 1.807) is 27.5 Å². The molecule has 0 aliphatic rings. The largest absolute Gasteiger partial charge is 0.493 e. The number of methoxy groups -OCH3 is 3. The summed E-state index contributed by atoms with van der Waals surface area (Å²) in [5, 5.41) is 0.682. The van der Waals surface area contributed by atoms with Gasteiger partial charge in [0, 0.05) is 28.8 Å². The molecule has 2 aromatic carbocycles. The van der Waals surface area contributed by atoms with Crippen molar-refractivity contribution < 1.29 is 14.2 Å². The summed E-state index contributed by atoms with van der Waals surface area (Å²) in [5.74, 6) is 2.83. The first-order valence-electron chi connectivity index (χ1n) is 11.5. The van der Waals surface area contributed by atoms with Crippen LogP contribution in [0.5, 0.6) is 17.2 Å². The summed E-state index contributed by atoms with van der Waals surface area (Å²) < 4.78 is 15.9. The van der Waals surface area contributed by atoms with E-state index in [9.17, 15) is 0 Å². The van der Waals surface area contributed by atoms with Crippen molar-refractivity contribution in [1.29, 1.82) is 0 Å². The summed E-state index contributed by atoms with van der Waals surface area (Å²) in [6.07, 6.45) is 2.89. The molecule has 38 heavy (non-hydrogen) atoms. The number of anilines is 4. The minimum atomic E-state index is 0.154. The number of hydrogen-bond acceptors (Lipinski definition) is 11. The van der Waals surface area contributed by atoms with E-state index < -0.39 is 0 Å². The Balaban J connectivity index is 0.000000215. The molecule has 4 rings (SSSR count). The molecule has 2 aromatic heterocycles. The van der Waals surface area contributed by atoms with Gasteiger partial charge in [0.25, 0.3) is 0 Å². The first-order valence-corrected chi connectivity index (χ1v) is 11.9. The molecule has 0 atom stereocenters. The molecule has 11 nitrogen and oxygen atoms in total. The highest BCUT2D eigenvalue weighted by atomic mass is 35.5. The van der Waals surface area contributed by atoms with E-state index >= 15 is 0 Å². The summed E-state index contributed by atoms with van der Waals surface area (Å²) in [6.45, 7) is 2.00. The van der Waals surface area contributed by atoms with Gasteiger partial charge in [-0.15, -0.1) is 0 Å². The number of aryl methyl sites for hydroxylation is 1. The molecular formula is C26H31ClN8O3. The molecule has 0 saturated carbocycles. The van der Waals surface area contributed by atoms with Crippen molar-refractivity contribution in [2.45, 2.75) is 19.8 Å². The van der Waals surface area contributed by atoms with Crippen LogP contribution in [0.4, 0.5) is 23.5 Å². The molecule has 0 radical (unpaired) electrons. The van der Waals surface area contributed by atoms with Gasteiger partial charge in [-0.1, -0.05) is 30.7 Å². The zero-order valence-corrected chi connectivity index (χ0v) is 22.4. The number of nitrogen functional groups attached to an aromatic ring is 4. The topological polar surface area (TPSA) is 183 Å². The Hall–Kier alpha value is -4.51. The SMILES string of the molecule is CCc1nc(N)nc(N)c1-c1ccc(Cl)cc1.COc1cc(Cc2cnc(N)nc2N)cc(OC)c1OC. The lowest BCUT2D eigenvalue weighted by atomic mass is 10.0. The molecule has 8 N–H and O–H groups in total. The summed E-state index contributed by atoms with van der Waals surface area (Å²) in [6, 6.07) is 11.1. The average Bonchev–Trinajstić information content (AvgIpc) is 2.90. The summed E-state index contributed by atoms with van der Waals surface area (Å²) >= 11 is 5.86. The second kappa shape index (κ2) is 12.6. The van der Waals surface area contributed by atoms with E-state index in [0.717, 1.165) is 34.4 Å². The molecule has 0 saturated heterocycles. The fraction of sp³-hybridized carbons (Fsp3) is 0.231. The van der Waals surface area contributed by atoms with Gasteiger partial charge in [-0.3, -0.25) is 0 Å². The van der Waals surface area contributed by atoms with Crippen LogP contribution in [-0.2, 0) is 12.8 Å². The quantitative estimate of drug-likeness (QED) is 0.268. The minimum absolute atomic E-state index is 0.154. The molecule has 0 bridgehead atoms. The van der Waals surface area contributed by atoms with Crippen molar-refractivity contribution in [3.05, 3.63) is 64.4 Å². The molecule has 0 amide bonds. The molecule has 0 aliphatic carbocycles. The number of halogens is 1. The molecule has 4 aromatic rings. The van der Waals surface area contributed by atoms with Crippen LogP contribution in [0, 0.1) is 0 Å². The van der Waals surface area contributed by atoms with Gasteiger partial charge in [0.05, 0.1) is 27.0 Å². The molecule has 0 unspecified atom stereocenters. The zero-order valence-electron chi connectivity index (χ0n) is 21.7. The molecule has 2 heterocycles. The fourth-order valence-corrected chi connectivity index (χ4v) is 3.89. The van der Waals surface area contributed by atoms with Crippen LogP contribution in [0.3, 0.4) is 0 Å². The van der Waals surface area contributed by atoms with E-state index in [1.165, 1.54) is 0 Å². The van der Waals surface area contributed by atoms with Crippen molar-refractivity contribution in [2.75, 3.05) is 44.3 Å². The Morgan fingerprint density at radius 2 is 1.39 bits per heavy atom.